The van der Waals surface area contributed by atoms with Crippen LogP contribution in [0.25, 0.3) is 0 Å². The summed E-state index contributed by atoms with van der Waals surface area (Å²) in [4.78, 5) is 39.1. The first-order valence-corrected chi connectivity index (χ1v) is 9.42. The van der Waals surface area contributed by atoms with Crippen molar-refractivity contribution in [1.82, 2.24) is 21.0 Å². The Labute approximate surface area is 174 Å². The molecule has 0 aliphatic carbocycles. The number of carbonyl (C=O) groups is 3. The van der Waals surface area contributed by atoms with Gasteiger partial charge in [-0.2, -0.15) is 5.10 Å². The molecule has 0 bridgehead atoms. The van der Waals surface area contributed by atoms with E-state index in [0.29, 0.717) is 12.3 Å². The predicted molar refractivity (Wildman–Crippen MR) is 112 cm³/mol. The molecule has 9 heteroatoms. The van der Waals surface area contributed by atoms with Gasteiger partial charge in [-0.15, -0.1) is 0 Å². The molecule has 3 N–H and O–H groups in total. The molecule has 0 spiro atoms. The number of carbonyl (C=O) groups excluding carboxylic acids is 3. The third-order valence-corrected chi connectivity index (χ3v) is 3.64. The maximum Gasteiger partial charge on any atom is 0.258 e. The van der Waals surface area contributed by atoms with E-state index < -0.39 is 11.8 Å². The van der Waals surface area contributed by atoms with Gasteiger partial charge in [-0.3, -0.25) is 19.4 Å². The number of hydrogen-bond donors (Lipinski definition) is 3. The van der Waals surface area contributed by atoms with Crippen LogP contribution in [-0.4, -0.2) is 41.6 Å². The molecule has 0 saturated heterocycles. The van der Waals surface area contributed by atoms with Gasteiger partial charge in [-0.25, -0.2) is 5.43 Å². The predicted octanol–water partition coefficient (Wildman–Crippen LogP) is 1.14. The number of ether oxygens (including phenoxy) is 1. The van der Waals surface area contributed by atoms with Gasteiger partial charge in [-0.1, -0.05) is 6.07 Å². The summed E-state index contributed by atoms with van der Waals surface area (Å²) in [7, 11) is 0. The Balaban J connectivity index is 1.69. The average molecular weight is 411 g/mol. The van der Waals surface area contributed by atoms with Gasteiger partial charge in [0, 0.05) is 25.0 Å². The summed E-state index contributed by atoms with van der Waals surface area (Å²) < 4.78 is 5.39. The van der Waals surface area contributed by atoms with Crippen LogP contribution < -0.4 is 20.8 Å². The van der Waals surface area contributed by atoms with Crippen LogP contribution in [0.1, 0.15) is 31.4 Å². The second-order valence-corrected chi connectivity index (χ2v) is 6.69. The molecule has 3 amide bonds. The molecule has 0 unspecified atom stereocenters. The molecule has 30 heavy (non-hydrogen) atoms. The lowest BCUT2D eigenvalue weighted by atomic mass is 10.2. The number of hydrazone groups is 1. The monoisotopic (exact) mass is 411 g/mol. The lowest BCUT2D eigenvalue weighted by Gasteiger charge is -2.09. The van der Waals surface area contributed by atoms with Crippen molar-refractivity contribution < 1.29 is 19.1 Å². The SMILES string of the molecule is CC(C)NC(=O)COc1ccc(/C=N/NC(=O)CC(=O)NCc2cccnc2)cc1. The van der Waals surface area contributed by atoms with Crippen LogP contribution in [0, 0.1) is 0 Å². The second-order valence-electron chi connectivity index (χ2n) is 6.69. The number of aromatic nitrogens is 1. The minimum absolute atomic E-state index is 0.0575. The largest absolute Gasteiger partial charge is 0.484 e. The van der Waals surface area contributed by atoms with Gasteiger partial charge in [0.25, 0.3) is 5.91 Å². The molecule has 0 saturated carbocycles. The van der Waals surface area contributed by atoms with E-state index in [2.05, 4.69) is 26.1 Å². The third kappa shape index (κ3) is 8.96. The van der Waals surface area contributed by atoms with Gasteiger partial charge >= 0.3 is 0 Å². The number of pyridine rings is 1. The number of hydrogen-bond acceptors (Lipinski definition) is 6. The molecule has 1 aromatic carbocycles. The zero-order chi connectivity index (χ0) is 21.8. The van der Waals surface area contributed by atoms with E-state index in [-0.39, 0.29) is 25.0 Å². The van der Waals surface area contributed by atoms with Crippen LogP contribution in [-0.2, 0) is 20.9 Å². The quantitative estimate of drug-likeness (QED) is 0.307. The maximum absolute atomic E-state index is 11.8. The van der Waals surface area contributed by atoms with Gasteiger partial charge < -0.3 is 15.4 Å². The van der Waals surface area contributed by atoms with Crippen LogP contribution in [0.5, 0.6) is 5.75 Å². The summed E-state index contributed by atoms with van der Waals surface area (Å²) in [5.74, 6) is -0.580. The van der Waals surface area contributed by atoms with Crippen molar-refractivity contribution in [3.05, 3.63) is 59.9 Å². The van der Waals surface area contributed by atoms with Crippen molar-refractivity contribution in [2.45, 2.75) is 32.9 Å². The van der Waals surface area contributed by atoms with Gasteiger partial charge in [-0.05, 0) is 55.3 Å². The van der Waals surface area contributed by atoms with E-state index in [1.165, 1.54) is 6.21 Å². The molecular weight excluding hydrogens is 386 g/mol. The van der Waals surface area contributed by atoms with E-state index in [1.54, 1.807) is 42.7 Å². The first kappa shape index (κ1) is 22.5. The van der Waals surface area contributed by atoms with Crippen molar-refractivity contribution >= 4 is 23.9 Å². The van der Waals surface area contributed by atoms with Crippen molar-refractivity contribution in [2.24, 2.45) is 5.10 Å². The highest BCUT2D eigenvalue weighted by molar-refractivity contribution is 5.97. The fraction of sp³-hybridized carbons (Fsp3) is 0.286. The first-order chi connectivity index (χ1) is 14.4. The molecule has 0 atom stereocenters. The second kappa shape index (κ2) is 11.9. The van der Waals surface area contributed by atoms with Crippen LogP contribution in [0.4, 0.5) is 0 Å². The molecule has 1 heterocycles. The Morgan fingerprint density at radius 1 is 1.10 bits per heavy atom. The van der Waals surface area contributed by atoms with Crippen LogP contribution >= 0.6 is 0 Å². The fourth-order valence-electron chi connectivity index (χ4n) is 2.29. The molecule has 0 fully saturated rings. The van der Waals surface area contributed by atoms with Crippen molar-refractivity contribution in [2.75, 3.05) is 6.61 Å². The number of benzene rings is 1. The lowest BCUT2D eigenvalue weighted by Crippen LogP contribution is -2.34. The maximum atomic E-state index is 11.8. The Morgan fingerprint density at radius 2 is 1.87 bits per heavy atom. The highest BCUT2D eigenvalue weighted by Gasteiger charge is 2.08. The Bertz CT molecular complexity index is 867. The van der Waals surface area contributed by atoms with Crippen LogP contribution in [0.15, 0.2) is 53.9 Å². The van der Waals surface area contributed by atoms with Crippen LogP contribution in [0.3, 0.4) is 0 Å². The number of nitrogens with one attached hydrogen (secondary N) is 3. The van der Waals surface area contributed by atoms with Gasteiger partial charge in [0.1, 0.15) is 12.2 Å². The Kier molecular flexibility index (Phi) is 8.98. The molecule has 2 aromatic rings. The molecule has 0 radical (unpaired) electrons. The molecule has 158 valence electrons. The molecule has 1 aromatic heterocycles. The lowest BCUT2D eigenvalue weighted by molar-refractivity contribution is -0.129. The number of nitrogens with zero attached hydrogens (tertiary/aromatic N) is 2. The van der Waals surface area contributed by atoms with E-state index in [4.69, 9.17) is 4.74 Å². The minimum atomic E-state index is -0.522. The zero-order valence-electron chi connectivity index (χ0n) is 16.9. The van der Waals surface area contributed by atoms with E-state index in [1.807, 2.05) is 19.9 Å². The summed E-state index contributed by atoms with van der Waals surface area (Å²) >= 11 is 0. The van der Waals surface area contributed by atoms with Gasteiger partial charge in [0.15, 0.2) is 6.61 Å². The zero-order valence-corrected chi connectivity index (χ0v) is 16.9. The topological polar surface area (TPSA) is 122 Å². The third-order valence-electron chi connectivity index (χ3n) is 3.64. The minimum Gasteiger partial charge on any atom is -0.484 e. The standard InChI is InChI=1S/C21H25N5O4/c1-15(2)25-21(29)14-30-18-7-5-16(6-8-18)13-24-26-20(28)10-19(27)23-12-17-4-3-9-22-11-17/h3-9,11,13,15H,10,12,14H2,1-2H3,(H,23,27)(H,25,29)(H,26,28)/b24-13+. The van der Waals surface area contributed by atoms with E-state index >= 15 is 0 Å². The van der Waals surface area contributed by atoms with Gasteiger partial charge in [0.05, 0.1) is 6.21 Å². The Hall–Kier alpha value is -3.75. The first-order valence-electron chi connectivity index (χ1n) is 9.42. The smallest absolute Gasteiger partial charge is 0.258 e. The molecule has 9 nitrogen and oxygen atoms in total. The molecule has 0 aliphatic rings. The molecular formula is C21H25N5O4. The summed E-state index contributed by atoms with van der Waals surface area (Å²) in [6.07, 6.45) is 4.40. The van der Waals surface area contributed by atoms with E-state index in [0.717, 1.165) is 11.1 Å². The van der Waals surface area contributed by atoms with Crippen LogP contribution in [0.2, 0.25) is 0 Å². The normalized spacial score (nSPS) is 10.6. The van der Waals surface area contributed by atoms with Crippen molar-refractivity contribution in [3.63, 3.8) is 0 Å². The fourth-order valence-corrected chi connectivity index (χ4v) is 2.29. The average Bonchev–Trinajstić information content (AvgIpc) is 2.72. The molecule has 2 rings (SSSR count). The van der Waals surface area contributed by atoms with Gasteiger partial charge in [0.2, 0.25) is 11.8 Å². The summed E-state index contributed by atoms with van der Waals surface area (Å²) in [6, 6.07) is 10.5. The number of amides is 3. The highest BCUT2D eigenvalue weighted by atomic mass is 16.5. The summed E-state index contributed by atoms with van der Waals surface area (Å²) in [5.41, 5.74) is 3.87. The van der Waals surface area contributed by atoms with E-state index in [9.17, 15) is 14.4 Å². The number of rotatable bonds is 10. The highest BCUT2D eigenvalue weighted by Crippen LogP contribution is 2.10. The van der Waals surface area contributed by atoms with Crippen molar-refractivity contribution in [1.29, 1.82) is 0 Å². The Morgan fingerprint density at radius 3 is 2.53 bits per heavy atom. The summed E-state index contributed by atoms with van der Waals surface area (Å²) in [5, 5.41) is 9.21. The van der Waals surface area contributed by atoms with Crippen molar-refractivity contribution in [3.8, 4) is 5.75 Å². The molecule has 0 aliphatic heterocycles. The summed E-state index contributed by atoms with van der Waals surface area (Å²) in [6.45, 7) is 3.99.